The lowest BCUT2D eigenvalue weighted by atomic mass is 9.84. The third kappa shape index (κ3) is 4.19. The largest absolute Gasteiger partial charge is 0.376 e. The van der Waals surface area contributed by atoms with Gasteiger partial charge in [-0.05, 0) is 43.4 Å². The molecule has 4 atom stereocenters. The van der Waals surface area contributed by atoms with Crippen molar-refractivity contribution < 1.29 is 19.1 Å². The number of ether oxygens (including phenoxy) is 2. The highest BCUT2D eigenvalue weighted by molar-refractivity contribution is 6.31. The zero-order valence-corrected chi connectivity index (χ0v) is 16.7. The van der Waals surface area contributed by atoms with Crippen molar-refractivity contribution in [3.05, 3.63) is 34.9 Å². The van der Waals surface area contributed by atoms with Gasteiger partial charge in [0.2, 0.25) is 5.91 Å². The molecule has 2 amide bonds. The molecule has 1 aromatic carbocycles. The number of nitrogens with one attached hydrogen (secondary N) is 1. The smallest absolute Gasteiger partial charge is 0.254 e. The van der Waals surface area contributed by atoms with E-state index in [1.54, 1.807) is 24.3 Å². The Morgan fingerprint density at radius 2 is 2.07 bits per heavy atom. The van der Waals surface area contributed by atoms with Gasteiger partial charge in [0.1, 0.15) is 6.04 Å². The summed E-state index contributed by atoms with van der Waals surface area (Å²) in [5.74, 6) is 0.190. The molecule has 0 bridgehead atoms. The standard InChI is InChI=1S/C21H27ClN2O4/c22-16-6-3-5-15(10-16)21(26)24-18-7-2-1-4-14(18)11-19(24)20(25)23-12-17-13-27-8-9-28-17/h3,5-6,10,14,17-19H,1-2,4,7-9,11-13H2,(H,23,25)/t14-,17+,18+,19-/m0/s1. The first-order valence-corrected chi connectivity index (χ1v) is 10.6. The molecule has 0 unspecified atom stereocenters. The summed E-state index contributed by atoms with van der Waals surface area (Å²) in [5, 5.41) is 3.52. The van der Waals surface area contributed by atoms with Gasteiger partial charge in [0, 0.05) is 23.2 Å². The summed E-state index contributed by atoms with van der Waals surface area (Å²) in [7, 11) is 0. The maximum Gasteiger partial charge on any atom is 0.254 e. The maximum absolute atomic E-state index is 13.3. The zero-order valence-electron chi connectivity index (χ0n) is 15.9. The van der Waals surface area contributed by atoms with E-state index in [0.717, 1.165) is 25.7 Å². The first-order valence-electron chi connectivity index (χ1n) is 10.2. The highest BCUT2D eigenvalue weighted by Gasteiger charge is 2.47. The molecule has 1 saturated carbocycles. The lowest BCUT2D eigenvalue weighted by molar-refractivity contribution is -0.127. The van der Waals surface area contributed by atoms with Crippen LogP contribution in [-0.4, -0.2) is 61.3 Å². The zero-order chi connectivity index (χ0) is 19.5. The second-order valence-electron chi connectivity index (χ2n) is 7.90. The Balaban J connectivity index is 1.50. The van der Waals surface area contributed by atoms with Crippen molar-refractivity contribution in [2.24, 2.45) is 5.92 Å². The van der Waals surface area contributed by atoms with Crippen LogP contribution in [0.3, 0.4) is 0 Å². The molecule has 1 aliphatic carbocycles. The van der Waals surface area contributed by atoms with Crippen LogP contribution in [0.2, 0.25) is 5.02 Å². The highest BCUT2D eigenvalue weighted by atomic mass is 35.5. The number of carbonyl (C=O) groups is 2. The van der Waals surface area contributed by atoms with E-state index in [2.05, 4.69) is 5.32 Å². The topological polar surface area (TPSA) is 67.9 Å². The Morgan fingerprint density at radius 3 is 2.86 bits per heavy atom. The molecule has 2 aliphatic heterocycles. The molecule has 3 fully saturated rings. The fraction of sp³-hybridized carbons (Fsp3) is 0.619. The third-order valence-electron chi connectivity index (χ3n) is 6.09. The minimum Gasteiger partial charge on any atom is -0.376 e. The van der Waals surface area contributed by atoms with Crippen molar-refractivity contribution in [2.75, 3.05) is 26.4 Å². The Bertz CT molecular complexity index is 722. The quantitative estimate of drug-likeness (QED) is 0.834. The summed E-state index contributed by atoms with van der Waals surface area (Å²) in [5.41, 5.74) is 0.542. The van der Waals surface area contributed by atoms with Crippen LogP contribution in [0, 0.1) is 5.92 Å². The molecular formula is C21H27ClN2O4. The van der Waals surface area contributed by atoms with Gasteiger partial charge in [-0.3, -0.25) is 9.59 Å². The van der Waals surface area contributed by atoms with Crippen molar-refractivity contribution in [1.29, 1.82) is 0 Å². The van der Waals surface area contributed by atoms with Crippen LogP contribution < -0.4 is 5.32 Å². The summed E-state index contributed by atoms with van der Waals surface area (Å²) in [6, 6.07) is 6.67. The molecule has 4 rings (SSSR count). The lowest BCUT2D eigenvalue weighted by Crippen LogP contribution is -2.51. The lowest BCUT2D eigenvalue weighted by Gasteiger charge is -2.34. The van der Waals surface area contributed by atoms with Crippen molar-refractivity contribution >= 4 is 23.4 Å². The molecular weight excluding hydrogens is 380 g/mol. The Labute approximate surface area is 170 Å². The van der Waals surface area contributed by atoms with Crippen LogP contribution in [0.15, 0.2) is 24.3 Å². The number of benzene rings is 1. The highest BCUT2D eigenvalue weighted by Crippen LogP contribution is 2.40. The number of nitrogens with zero attached hydrogens (tertiary/aromatic N) is 1. The van der Waals surface area contributed by atoms with E-state index < -0.39 is 6.04 Å². The molecule has 28 heavy (non-hydrogen) atoms. The summed E-state index contributed by atoms with van der Waals surface area (Å²) < 4.78 is 11.0. The van der Waals surface area contributed by atoms with Crippen molar-refractivity contribution in [3.63, 3.8) is 0 Å². The van der Waals surface area contributed by atoms with E-state index in [1.807, 2.05) is 4.90 Å². The molecule has 0 aromatic heterocycles. The SMILES string of the molecule is O=C(NC[C@@H]1COCCO1)[C@@H]1C[C@@H]2CCCC[C@H]2N1C(=O)c1cccc(Cl)c1. The van der Waals surface area contributed by atoms with Gasteiger partial charge in [-0.15, -0.1) is 0 Å². The van der Waals surface area contributed by atoms with Crippen LogP contribution in [0.5, 0.6) is 0 Å². The monoisotopic (exact) mass is 406 g/mol. The average Bonchev–Trinajstić information content (AvgIpc) is 3.12. The van der Waals surface area contributed by atoms with E-state index in [-0.39, 0.29) is 24.0 Å². The molecule has 0 radical (unpaired) electrons. The third-order valence-corrected chi connectivity index (χ3v) is 6.32. The number of carbonyl (C=O) groups excluding carboxylic acids is 2. The normalized spacial score (nSPS) is 30.0. The summed E-state index contributed by atoms with van der Waals surface area (Å²) in [6.07, 6.45) is 4.90. The van der Waals surface area contributed by atoms with E-state index in [1.165, 1.54) is 6.42 Å². The fourth-order valence-electron chi connectivity index (χ4n) is 4.74. The molecule has 0 spiro atoms. The minimum absolute atomic E-state index is 0.0982. The predicted molar refractivity (Wildman–Crippen MR) is 105 cm³/mol. The second kappa shape index (κ2) is 8.80. The Kier molecular flexibility index (Phi) is 6.19. The van der Waals surface area contributed by atoms with Gasteiger partial charge >= 0.3 is 0 Å². The fourth-order valence-corrected chi connectivity index (χ4v) is 4.93. The summed E-state index contributed by atoms with van der Waals surface area (Å²) in [6.45, 7) is 2.04. The van der Waals surface area contributed by atoms with E-state index in [9.17, 15) is 9.59 Å². The Morgan fingerprint density at radius 1 is 1.21 bits per heavy atom. The van der Waals surface area contributed by atoms with E-state index in [0.29, 0.717) is 42.9 Å². The van der Waals surface area contributed by atoms with Crippen molar-refractivity contribution in [1.82, 2.24) is 10.2 Å². The minimum atomic E-state index is -0.441. The molecule has 2 heterocycles. The van der Waals surface area contributed by atoms with Crippen LogP contribution in [0.1, 0.15) is 42.5 Å². The number of rotatable bonds is 4. The first-order chi connectivity index (χ1) is 13.6. The summed E-state index contributed by atoms with van der Waals surface area (Å²) >= 11 is 6.09. The van der Waals surface area contributed by atoms with E-state index in [4.69, 9.17) is 21.1 Å². The molecule has 1 N–H and O–H groups in total. The van der Waals surface area contributed by atoms with E-state index >= 15 is 0 Å². The second-order valence-corrected chi connectivity index (χ2v) is 8.34. The number of halogens is 1. The number of hydrogen-bond donors (Lipinski definition) is 1. The molecule has 7 heteroatoms. The van der Waals surface area contributed by atoms with Crippen LogP contribution in [-0.2, 0) is 14.3 Å². The van der Waals surface area contributed by atoms with Gasteiger partial charge in [0.05, 0.1) is 25.9 Å². The molecule has 2 saturated heterocycles. The van der Waals surface area contributed by atoms with Crippen LogP contribution in [0.25, 0.3) is 0 Å². The summed E-state index contributed by atoms with van der Waals surface area (Å²) in [4.78, 5) is 28.2. The van der Waals surface area contributed by atoms with Gasteiger partial charge < -0.3 is 19.7 Å². The van der Waals surface area contributed by atoms with Crippen molar-refractivity contribution in [2.45, 2.75) is 50.3 Å². The van der Waals surface area contributed by atoms with Gasteiger partial charge in [-0.2, -0.15) is 0 Å². The maximum atomic E-state index is 13.3. The number of fused-ring (bicyclic) bond motifs is 1. The van der Waals surface area contributed by atoms with Gasteiger partial charge in [0.25, 0.3) is 5.91 Å². The number of likely N-dealkylation sites (tertiary alicyclic amines) is 1. The first kappa shape index (κ1) is 19.7. The molecule has 152 valence electrons. The number of hydrogen-bond acceptors (Lipinski definition) is 4. The predicted octanol–water partition coefficient (Wildman–Crippen LogP) is 2.64. The van der Waals surface area contributed by atoms with Crippen LogP contribution >= 0.6 is 11.6 Å². The van der Waals surface area contributed by atoms with Crippen LogP contribution in [0.4, 0.5) is 0 Å². The Hall–Kier alpha value is -1.63. The average molecular weight is 407 g/mol. The van der Waals surface area contributed by atoms with Gasteiger partial charge in [0.15, 0.2) is 0 Å². The molecule has 3 aliphatic rings. The number of amides is 2. The molecule has 6 nitrogen and oxygen atoms in total. The van der Waals surface area contributed by atoms with Crippen molar-refractivity contribution in [3.8, 4) is 0 Å². The van der Waals surface area contributed by atoms with Gasteiger partial charge in [-0.1, -0.05) is 30.5 Å². The van der Waals surface area contributed by atoms with Gasteiger partial charge in [-0.25, -0.2) is 0 Å². The molecule has 1 aromatic rings.